The molecule has 2 aliphatic carbocycles. The number of benzene rings is 1. The maximum absolute atomic E-state index is 6.42. The molecular formula is C17H21NO. The number of allylic oxidation sites excluding steroid dienone is 2. The van der Waals surface area contributed by atoms with Crippen molar-refractivity contribution in [2.45, 2.75) is 31.7 Å². The lowest BCUT2D eigenvalue weighted by Crippen LogP contribution is -2.34. The molecule has 0 N–H and O–H groups in total. The fraction of sp³-hybridized carbons (Fsp3) is 0.529. The van der Waals surface area contributed by atoms with Crippen LogP contribution >= 0.6 is 0 Å². The summed E-state index contributed by atoms with van der Waals surface area (Å²) in [6, 6.07) is 11.1. The average Bonchev–Trinajstić information content (AvgIpc) is 2.80. The lowest BCUT2D eigenvalue weighted by atomic mass is 10.0. The monoisotopic (exact) mass is 255 g/mol. The van der Waals surface area contributed by atoms with Crippen molar-refractivity contribution in [1.82, 2.24) is 4.90 Å². The third-order valence-corrected chi connectivity index (χ3v) is 5.28. The molecule has 1 aromatic carbocycles. The molecule has 0 radical (unpaired) electrons. The normalized spacial score (nSPS) is 44.5. The summed E-state index contributed by atoms with van der Waals surface area (Å²) in [4.78, 5) is 2.44. The molecule has 1 aliphatic heterocycles. The van der Waals surface area contributed by atoms with E-state index in [4.69, 9.17) is 4.74 Å². The van der Waals surface area contributed by atoms with E-state index in [2.05, 4.69) is 61.4 Å². The van der Waals surface area contributed by atoms with Crippen molar-refractivity contribution in [3.63, 3.8) is 0 Å². The second-order valence-electron chi connectivity index (χ2n) is 6.25. The van der Waals surface area contributed by atoms with Crippen LogP contribution < -0.4 is 0 Å². The Hall–Kier alpha value is -1.12. The Balaban J connectivity index is 1.55. The molecule has 2 fully saturated rings. The van der Waals surface area contributed by atoms with Crippen LogP contribution in [0.15, 0.2) is 42.5 Å². The smallest absolute Gasteiger partial charge is 0.115 e. The first kappa shape index (κ1) is 11.7. The summed E-state index contributed by atoms with van der Waals surface area (Å²) in [7, 11) is 2.22. The number of nitrogens with zero attached hydrogens (tertiary/aromatic N) is 1. The predicted octanol–water partition coefficient (Wildman–Crippen LogP) is 3.23. The Labute approximate surface area is 115 Å². The van der Waals surface area contributed by atoms with E-state index >= 15 is 0 Å². The van der Waals surface area contributed by atoms with Crippen LogP contribution in [0.1, 0.15) is 25.0 Å². The van der Waals surface area contributed by atoms with Crippen LogP contribution in [0.2, 0.25) is 0 Å². The number of hydrogen-bond acceptors (Lipinski definition) is 2. The van der Waals surface area contributed by atoms with E-state index in [1.165, 1.54) is 12.0 Å². The number of hydrogen-bond donors (Lipinski definition) is 0. The first-order chi connectivity index (χ1) is 9.27. The van der Waals surface area contributed by atoms with Gasteiger partial charge in [-0.3, -0.25) is 4.90 Å². The van der Waals surface area contributed by atoms with E-state index in [1.807, 2.05) is 0 Å². The third-order valence-electron chi connectivity index (χ3n) is 5.28. The number of fused-ring (bicyclic) bond motifs is 1. The largest absolute Gasteiger partial charge is 0.353 e. The summed E-state index contributed by atoms with van der Waals surface area (Å²) in [6.07, 6.45) is 6.51. The van der Waals surface area contributed by atoms with Crippen LogP contribution in [0.4, 0.5) is 0 Å². The fourth-order valence-corrected chi connectivity index (χ4v) is 3.98. The van der Waals surface area contributed by atoms with Gasteiger partial charge in [-0.25, -0.2) is 0 Å². The highest BCUT2D eigenvalue weighted by Crippen LogP contribution is 2.58. The molecule has 100 valence electrons. The average molecular weight is 255 g/mol. The highest BCUT2D eigenvalue weighted by molar-refractivity contribution is 5.23. The lowest BCUT2D eigenvalue weighted by molar-refractivity contribution is -0.0134. The van der Waals surface area contributed by atoms with Gasteiger partial charge in [-0.2, -0.15) is 0 Å². The molecule has 0 amide bonds. The molecule has 0 aromatic heterocycles. The summed E-state index contributed by atoms with van der Waals surface area (Å²) < 4.78 is 6.42. The van der Waals surface area contributed by atoms with Crippen LogP contribution in [-0.2, 0) is 4.74 Å². The van der Waals surface area contributed by atoms with Gasteiger partial charge < -0.3 is 4.74 Å². The molecule has 1 saturated carbocycles. The standard InChI is InChI=1S/C17H21NO/c1-11-16(12-7-4-3-5-8-12)19-17(18(11)2)15-13-9-6-10-14(13)15/h3-9,11,13-17H,10H2,1-2H3/t11-,13+,14-,15-,16-,17-/m1/s1. The molecule has 2 nitrogen and oxygen atoms in total. The summed E-state index contributed by atoms with van der Waals surface area (Å²) in [5.41, 5.74) is 1.31. The maximum atomic E-state index is 6.42. The highest BCUT2D eigenvalue weighted by Gasteiger charge is 2.58. The quantitative estimate of drug-likeness (QED) is 0.752. The topological polar surface area (TPSA) is 12.5 Å². The van der Waals surface area contributed by atoms with Gasteiger partial charge in [0.15, 0.2) is 0 Å². The second kappa shape index (κ2) is 4.19. The fourth-order valence-electron chi connectivity index (χ4n) is 3.98. The van der Waals surface area contributed by atoms with Crippen molar-refractivity contribution < 1.29 is 4.74 Å². The van der Waals surface area contributed by atoms with Crippen molar-refractivity contribution in [3.05, 3.63) is 48.0 Å². The predicted molar refractivity (Wildman–Crippen MR) is 75.5 cm³/mol. The molecule has 1 heterocycles. The minimum atomic E-state index is 0.224. The molecule has 4 rings (SSSR count). The molecule has 0 bridgehead atoms. The zero-order valence-electron chi connectivity index (χ0n) is 11.6. The maximum Gasteiger partial charge on any atom is 0.115 e. The van der Waals surface area contributed by atoms with Crippen LogP contribution in [0.3, 0.4) is 0 Å². The van der Waals surface area contributed by atoms with E-state index in [1.54, 1.807) is 0 Å². The van der Waals surface area contributed by atoms with E-state index in [0.717, 1.165) is 17.8 Å². The van der Waals surface area contributed by atoms with Crippen molar-refractivity contribution in [1.29, 1.82) is 0 Å². The van der Waals surface area contributed by atoms with E-state index in [0.29, 0.717) is 12.3 Å². The van der Waals surface area contributed by atoms with Gasteiger partial charge >= 0.3 is 0 Å². The zero-order chi connectivity index (χ0) is 13.0. The molecule has 1 aromatic rings. The van der Waals surface area contributed by atoms with Crippen molar-refractivity contribution in [2.75, 3.05) is 7.05 Å². The SMILES string of the molecule is C[C@@H]1[C@H](c2ccccc2)O[C@H]([C@@H]2[C@H]3C=CC[C@H]32)N1C. The van der Waals surface area contributed by atoms with E-state index in [9.17, 15) is 0 Å². The van der Waals surface area contributed by atoms with Crippen molar-refractivity contribution in [3.8, 4) is 0 Å². The zero-order valence-corrected chi connectivity index (χ0v) is 11.6. The molecule has 6 atom stereocenters. The van der Waals surface area contributed by atoms with E-state index < -0.39 is 0 Å². The molecule has 0 spiro atoms. The molecule has 1 saturated heterocycles. The second-order valence-corrected chi connectivity index (χ2v) is 6.25. The molecule has 0 unspecified atom stereocenters. The van der Waals surface area contributed by atoms with Crippen molar-refractivity contribution >= 4 is 0 Å². The Bertz CT molecular complexity index is 497. The Morgan fingerprint density at radius 3 is 2.68 bits per heavy atom. The van der Waals surface area contributed by atoms with Crippen molar-refractivity contribution in [2.24, 2.45) is 17.8 Å². The minimum absolute atomic E-state index is 0.224. The minimum Gasteiger partial charge on any atom is -0.353 e. The van der Waals surface area contributed by atoms with Gasteiger partial charge in [-0.15, -0.1) is 0 Å². The Morgan fingerprint density at radius 1 is 1.21 bits per heavy atom. The number of likely N-dealkylation sites (N-methyl/N-ethyl adjacent to an activating group) is 1. The summed E-state index contributed by atoms with van der Waals surface area (Å²) in [5.74, 6) is 2.37. The summed E-state index contributed by atoms with van der Waals surface area (Å²) in [5, 5.41) is 0. The molecular weight excluding hydrogens is 234 g/mol. The first-order valence-corrected chi connectivity index (χ1v) is 7.36. The van der Waals surface area contributed by atoms with Gasteiger partial charge in [0.1, 0.15) is 6.23 Å². The van der Waals surface area contributed by atoms with Crippen LogP contribution in [0, 0.1) is 17.8 Å². The van der Waals surface area contributed by atoms with Gasteiger partial charge in [-0.05, 0) is 37.8 Å². The number of rotatable bonds is 2. The summed E-state index contributed by atoms with van der Waals surface area (Å²) >= 11 is 0. The first-order valence-electron chi connectivity index (χ1n) is 7.36. The molecule has 2 heteroatoms. The lowest BCUT2D eigenvalue weighted by Gasteiger charge is -2.22. The Morgan fingerprint density at radius 2 is 2.00 bits per heavy atom. The van der Waals surface area contributed by atoms with Crippen LogP contribution in [0.5, 0.6) is 0 Å². The van der Waals surface area contributed by atoms with Crippen LogP contribution in [0.25, 0.3) is 0 Å². The van der Waals surface area contributed by atoms with Gasteiger partial charge in [0.25, 0.3) is 0 Å². The van der Waals surface area contributed by atoms with E-state index in [-0.39, 0.29) is 6.10 Å². The van der Waals surface area contributed by atoms with Gasteiger partial charge in [-0.1, -0.05) is 42.5 Å². The summed E-state index contributed by atoms with van der Waals surface area (Å²) in [6.45, 7) is 2.28. The van der Waals surface area contributed by atoms with Gasteiger partial charge in [0, 0.05) is 12.0 Å². The number of ether oxygens (including phenoxy) is 1. The molecule has 3 aliphatic rings. The van der Waals surface area contributed by atoms with Gasteiger partial charge in [0.2, 0.25) is 0 Å². The molecule has 19 heavy (non-hydrogen) atoms. The van der Waals surface area contributed by atoms with Gasteiger partial charge in [0.05, 0.1) is 6.10 Å². The highest BCUT2D eigenvalue weighted by atomic mass is 16.5. The Kier molecular flexibility index (Phi) is 2.58. The van der Waals surface area contributed by atoms with Crippen LogP contribution in [-0.4, -0.2) is 24.2 Å². The third kappa shape index (κ3) is 1.70.